The third kappa shape index (κ3) is 2.55. The lowest BCUT2D eigenvalue weighted by Gasteiger charge is -2.05. The lowest BCUT2D eigenvalue weighted by Crippen LogP contribution is -2.02. The van der Waals surface area contributed by atoms with Crippen molar-refractivity contribution in [2.24, 2.45) is 0 Å². The van der Waals surface area contributed by atoms with E-state index in [1.165, 1.54) is 0 Å². The van der Waals surface area contributed by atoms with Crippen molar-refractivity contribution < 1.29 is 18.3 Å². The Bertz CT molecular complexity index is 523. The van der Waals surface area contributed by atoms with Crippen molar-refractivity contribution in [2.45, 2.75) is 4.90 Å². The maximum Gasteiger partial charge on any atom is 0.337 e. The first kappa shape index (κ1) is 12.6. The lowest BCUT2D eigenvalue weighted by molar-refractivity contribution is 0.0697. The van der Waals surface area contributed by atoms with Crippen molar-refractivity contribution in [3.63, 3.8) is 0 Å². The Labute approximate surface area is 99.8 Å². The van der Waals surface area contributed by atoms with Crippen LogP contribution in [0.3, 0.4) is 0 Å². The molecule has 15 heavy (non-hydrogen) atoms. The Morgan fingerprint density at radius 2 is 1.80 bits per heavy atom. The van der Waals surface area contributed by atoms with Crippen LogP contribution in [0.25, 0.3) is 0 Å². The van der Waals surface area contributed by atoms with Gasteiger partial charge in [-0.25, -0.2) is 13.2 Å². The zero-order valence-electron chi connectivity index (χ0n) is 6.87. The molecule has 1 rings (SSSR count). The van der Waals surface area contributed by atoms with E-state index in [0.717, 1.165) is 12.1 Å². The standard InChI is InChI=1S/C7H3Cl3O4S/c8-4-2-1-3(7(11)12)5(9)6(4)15(10,13)14/h1-2H,(H,11,12). The summed E-state index contributed by atoms with van der Waals surface area (Å²) >= 11 is 11.1. The maximum atomic E-state index is 11.1. The Morgan fingerprint density at radius 1 is 1.27 bits per heavy atom. The number of carbonyl (C=O) groups is 1. The van der Waals surface area contributed by atoms with E-state index in [2.05, 4.69) is 0 Å². The van der Waals surface area contributed by atoms with Gasteiger partial charge in [0.1, 0.15) is 4.90 Å². The molecule has 0 radical (unpaired) electrons. The molecule has 0 aliphatic heterocycles. The molecule has 0 aliphatic carbocycles. The van der Waals surface area contributed by atoms with Crippen LogP contribution in [0, 0.1) is 0 Å². The molecule has 82 valence electrons. The summed E-state index contributed by atoms with van der Waals surface area (Å²) in [7, 11) is 0.881. The first-order valence-electron chi connectivity index (χ1n) is 3.41. The summed E-state index contributed by atoms with van der Waals surface area (Å²) in [6.45, 7) is 0. The van der Waals surface area contributed by atoms with Crippen molar-refractivity contribution in [1.29, 1.82) is 0 Å². The third-order valence-electron chi connectivity index (χ3n) is 1.52. The number of hydrogen-bond acceptors (Lipinski definition) is 3. The molecule has 0 fully saturated rings. The molecule has 0 atom stereocenters. The summed E-state index contributed by atoms with van der Waals surface area (Å²) in [5.74, 6) is -1.36. The molecule has 0 amide bonds. The average Bonchev–Trinajstić information content (AvgIpc) is 2.00. The van der Waals surface area contributed by atoms with Gasteiger partial charge < -0.3 is 5.11 Å². The predicted molar refractivity (Wildman–Crippen MR) is 56.5 cm³/mol. The molecular weight excluding hydrogens is 286 g/mol. The van der Waals surface area contributed by atoms with E-state index in [1.807, 2.05) is 0 Å². The van der Waals surface area contributed by atoms with Gasteiger partial charge in [-0.2, -0.15) is 0 Å². The summed E-state index contributed by atoms with van der Waals surface area (Å²) in [6, 6.07) is 2.20. The minimum absolute atomic E-state index is 0.222. The quantitative estimate of drug-likeness (QED) is 0.850. The lowest BCUT2D eigenvalue weighted by atomic mass is 10.2. The number of rotatable bonds is 2. The molecule has 1 aromatic carbocycles. The van der Waals surface area contributed by atoms with Gasteiger partial charge in [0.15, 0.2) is 0 Å². The van der Waals surface area contributed by atoms with Crippen molar-refractivity contribution in [1.82, 2.24) is 0 Å². The fourth-order valence-corrected chi connectivity index (χ4v) is 3.32. The Hall–Kier alpha value is -0.490. The number of benzene rings is 1. The first-order chi connectivity index (χ1) is 6.75. The van der Waals surface area contributed by atoms with Crippen LogP contribution >= 0.6 is 33.9 Å². The second-order valence-corrected chi connectivity index (χ2v) is 5.77. The van der Waals surface area contributed by atoms with Crippen LogP contribution in [0.5, 0.6) is 0 Å². The van der Waals surface area contributed by atoms with Gasteiger partial charge in [0.2, 0.25) is 0 Å². The van der Waals surface area contributed by atoms with Gasteiger partial charge in [-0.3, -0.25) is 0 Å². The van der Waals surface area contributed by atoms with E-state index >= 15 is 0 Å². The van der Waals surface area contributed by atoms with Crippen LogP contribution in [-0.4, -0.2) is 19.5 Å². The fraction of sp³-hybridized carbons (Fsp3) is 0. The first-order valence-corrected chi connectivity index (χ1v) is 6.47. The van der Waals surface area contributed by atoms with Gasteiger partial charge in [0.05, 0.1) is 15.6 Å². The third-order valence-corrected chi connectivity index (χ3v) is 3.83. The van der Waals surface area contributed by atoms with Crippen LogP contribution in [0.2, 0.25) is 10.0 Å². The Balaban J connectivity index is 3.66. The largest absolute Gasteiger partial charge is 0.478 e. The van der Waals surface area contributed by atoms with Crippen LogP contribution in [-0.2, 0) is 9.05 Å². The summed E-state index contributed by atoms with van der Waals surface area (Å²) in [4.78, 5) is 10.1. The van der Waals surface area contributed by atoms with Gasteiger partial charge in [-0.1, -0.05) is 23.2 Å². The Morgan fingerprint density at radius 3 is 2.20 bits per heavy atom. The smallest absolute Gasteiger partial charge is 0.337 e. The van der Waals surface area contributed by atoms with E-state index in [-0.39, 0.29) is 10.6 Å². The van der Waals surface area contributed by atoms with Crippen molar-refractivity contribution in [3.05, 3.63) is 27.7 Å². The van der Waals surface area contributed by atoms with Crippen LogP contribution in [0.4, 0.5) is 0 Å². The number of carboxylic acids is 1. The van der Waals surface area contributed by atoms with Gasteiger partial charge in [0.25, 0.3) is 9.05 Å². The van der Waals surface area contributed by atoms with Crippen molar-refractivity contribution in [2.75, 3.05) is 0 Å². The molecule has 0 bridgehead atoms. The summed E-state index contributed by atoms with van der Waals surface area (Å²) < 4.78 is 22.1. The highest BCUT2D eigenvalue weighted by molar-refractivity contribution is 8.14. The molecule has 0 spiro atoms. The van der Waals surface area contributed by atoms with Gasteiger partial charge >= 0.3 is 5.97 Å². The van der Waals surface area contributed by atoms with Crippen LogP contribution in [0.1, 0.15) is 10.4 Å². The maximum absolute atomic E-state index is 11.1. The molecule has 0 saturated carbocycles. The molecule has 1 aromatic rings. The second kappa shape index (κ2) is 4.17. The highest BCUT2D eigenvalue weighted by Gasteiger charge is 2.23. The number of carboxylic acid groups (broad SMARTS) is 1. The van der Waals surface area contributed by atoms with E-state index in [4.69, 9.17) is 39.0 Å². The minimum atomic E-state index is -4.18. The zero-order valence-corrected chi connectivity index (χ0v) is 9.95. The predicted octanol–water partition coefficient (Wildman–Crippen LogP) is 2.62. The highest BCUT2D eigenvalue weighted by Crippen LogP contribution is 2.34. The van der Waals surface area contributed by atoms with Crippen LogP contribution < -0.4 is 0 Å². The molecule has 0 aliphatic rings. The van der Waals surface area contributed by atoms with Gasteiger partial charge in [-0.15, -0.1) is 0 Å². The van der Waals surface area contributed by atoms with E-state index < -0.39 is 24.9 Å². The Kier molecular flexibility index (Phi) is 3.50. The molecular formula is C7H3Cl3O4S. The second-order valence-electron chi connectivity index (χ2n) is 2.48. The number of hydrogen-bond donors (Lipinski definition) is 1. The molecule has 0 saturated heterocycles. The molecule has 8 heteroatoms. The molecule has 0 aromatic heterocycles. The van der Waals surface area contributed by atoms with Crippen molar-refractivity contribution >= 4 is 48.9 Å². The van der Waals surface area contributed by atoms with Crippen molar-refractivity contribution in [3.8, 4) is 0 Å². The van der Waals surface area contributed by atoms with E-state index in [0.29, 0.717) is 0 Å². The molecule has 1 N–H and O–H groups in total. The van der Waals surface area contributed by atoms with Crippen LogP contribution in [0.15, 0.2) is 17.0 Å². The van der Waals surface area contributed by atoms with Gasteiger partial charge in [0, 0.05) is 10.7 Å². The summed E-state index contributed by atoms with van der Waals surface area (Å²) in [5.41, 5.74) is -0.375. The highest BCUT2D eigenvalue weighted by atomic mass is 35.7. The monoisotopic (exact) mass is 288 g/mol. The summed E-state index contributed by atoms with van der Waals surface area (Å²) in [6.07, 6.45) is 0. The zero-order chi connectivity index (χ0) is 11.8. The van der Waals surface area contributed by atoms with Gasteiger partial charge in [-0.05, 0) is 12.1 Å². The molecule has 0 heterocycles. The fourth-order valence-electron chi connectivity index (χ4n) is 0.921. The number of halogens is 3. The summed E-state index contributed by atoms with van der Waals surface area (Å²) in [5, 5.41) is 7.96. The SMILES string of the molecule is O=C(O)c1ccc(Cl)c(S(=O)(=O)Cl)c1Cl. The topological polar surface area (TPSA) is 71.4 Å². The van der Waals surface area contributed by atoms with E-state index in [1.54, 1.807) is 0 Å². The normalized spacial score (nSPS) is 11.4. The minimum Gasteiger partial charge on any atom is -0.478 e. The van der Waals surface area contributed by atoms with E-state index in [9.17, 15) is 13.2 Å². The molecule has 0 unspecified atom stereocenters. The average molecular weight is 290 g/mol. The number of aromatic carboxylic acids is 1. The molecule has 4 nitrogen and oxygen atoms in total.